The fourth-order valence-electron chi connectivity index (χ4n) is 1.66. The second-order valence-electron chi connectivity index (χ2n) is 4.24. The van der Waals surface area contributed by atoms with E-state index in [2.05, 4.69) is 0 Å². The van der Waals surface area contributed by atoms with Crippen molar-refractivity contribution < 1.29 is 14.7 Å². The zero-order chi connectivity index (χ0) is 14.6. The molecule has 0 unspecified atom stereocenters. The Kier molecular flexibility index (Phi) is 5.18. The van der Waals surface area contributed by atoms with Gasteiger partial charge in [-0.2, -0.15) is 0 Å². The highest BCUT2D eigenvalue weighted by Gasteiger charge is 2.20. The lowest BCUT2D eigenvalue weighted by Gasteiger charge is -2.26. The number of aromatic carboxylic acids is 1. The minimum atomic E-state index is -1.06. The van der Waals surface area contributed by atoms with Crippen molar-refractivity contribution in [2.45, 2.75) is 6.92 Å². The van der Waals surface area contributed by atoms with E-state index in [1.807, 2.05) is 6.92 Å². The molecule has 0 saturated heterocycles. The highest BCUT2D eigenvalue weighted by molar-refractivity contribution is 6.34. The number of carbonyl (C=O) groups is 2. The summed E-state index contributed by atoms with van der Waals surface area (Å²) in [5.41, 5.74) is 0.482. The lowest BCUT2D eigenvalue weighted by molar-refractivity contribution is -0.127. The van der Waals surface area contributed by atoms with Crippen LogP contribution in [-0.4, -0.2) is 49.1 Å². The molecule has 0 aliphatic heterocycles. The van der Waals surface area contributed by atoms with E-state index in [9.17, 15) is 14.7 Å². The standard InChI is InChI=1S/C13H17ClN2O3/c1-4-16(8-11(17)15(2)3)12-9(13(18)19)6-5-7-10(12)14/h5-7H,4,8H2,1-3H3,(H,18,19). The van der Waals surface area contributed by atoms with Crippen molar-refractivity contribution in [3.8, 4) is 0 Å². The number of halogens is 1. The second kappa shape index (κ2) is 6.43. The number of para-hydroxylation sites is 1. The molecular weight excluding hydrogens is 268 g/mol. The van der Waals surface area contributed by atoms with Crippen LogP contribution in [0.25, 0.3) is 0 Å². The molecule has 0 aliphatic rings. The summed E-state index contributed by atoms with van der Waals surface area (Å²) in [6.45, 7) is 2.43. The minimum absolute atomic E-state index is 0.0908. The van der Waals surface area contributed by atoms with Gasteiger partial charge in [-0.25, -0.2) is 4.79 Å². The van der Waals surface area contributed by atoms with Gasteiger partial charge in [-0.1, -0.05) is 17.7 Å². The van der Waals surface area contributed by atoms with E-state index in [0.29, 0.717) is 17.3 Å². The molecule has 0 atom stereocenters. The number of carboxylic acids is 1. The summed E-state index contributed by atoms with van der Waals surface area (Å²) in [5, 5.41) is 9.52. The number of nitrogens with zero attached hydrogens (tertiary/aromatic N) is 2. The third-order valence-corrected chi connectivity index (χ3v) is 3.05. The highest BCUT2D eigenvalue weighted by Crippen LogP contribution is 2.29. The van der Waals surface area contributed by atoms with Crippen LogP contribution in [0.15, 0.2) is 18.2 Å². The second-order valence-corrected chi connectivity index (χ2v) is 4.65. The van der Waals surface area contributed by atoms with Gasteiger partial charge in [-0.15, -0.1) is 0 Å². The molecule has 0 aromatic heterocycles. The zero-order valence-electron chi connectivity index (χ0n) is 11.2. The van der Waals surface area contributed by atoms with Crippen LogP contribution >= 0.6 is 11.6 Å². The van der Waals surface area contributed by atoms with Crippen LogP contribution in [0.1, 0.15) is 17.3 Å². The van der Waals surface area contributed by atoms with E-state index in [1.54, 1.807) is 31.1 Å². The van der Waals surface area contributed by atoms with Crippen LogP contribution in [0.5, 0.6) is 0 Å². The van der Waals surface area contributed by atoms with Gasteiger partial charge in [0.1, 0.15) is 0 Å². The van der Waals surface area contributed by atoms with Gasteiger partial charge in [-0.05, 0) is 19.1 Å². The average Bonchev–Trinajstić information content (AvgIpc) is 2.35. The summed E-state index contributed by atoms with van der Waals surface area (Å²) in [7, 11) is 3.31. The van der Waals surface area contributed by atoms with Crippen molar-refractivity contribution in [2.75, 3.05) is 32.1 Å². The van der Waals surface area contributed by atoms with E-state index >= 15 is 0 Å². The molecule has 19 heavy (non-hydrogen) atoms. The molecule has 5 nitrogen and oxygen atoms in total. The maximum Gasteiger partial charge on any atom is 0.337 e. The molecule has 0 radical (unpaired) electrons. The van der Waals surface area contributed by atoms with Crippen LogP contribution in [0.2, 0.25) is 5.02 Å². The quantitative estimate of drug-likeness (QED) is 0.898. The van der Waals surface area contributed by atoms with Crippen molar-refractivity contribution in [2.24, 2.45) is 0 Å². The van der Waals surface area contributed by atoms with Crippen LogP contribution in [-0.2, 0) is 4.79 Å². The van der Waals surface area contributed by atoms with Crippen LogP contribution in [0.4, 0.5) is 5.69 Å². The number of amides is 1. The number of carbonyl (C=O) groups excluding carboxylic acids is 1. The van der Waals surface area contributed by atoms with Gasteiger partial charge in [0.25, 0.3) is 0 Å². The Labute approximate surface area is 117 Å². The first-order valence-electron chi connectivity index (χ1n) is 5.85. The van der Waals surface area contributed by atoms with Gasteiger partial charge in [0.05, 0.1) is 22.8 Å². The highest BCUT2D eigenvalue weighted by atomic mass is 35.5. The molecule has 6 heteroatoms. The molecule has 0 aliphatic carbocycles. The van der Waals surface area contributed by atoms with Gasteiger partial charge >= 0.3 is 5.97 Å². The summed E-state index contributed by atoms with van der Waals surface area (Å²) in [4.78, 5) is 26.1. The van der Waals surface area contributed by atoms with E-state index < -0.39 is 5.97 Å². The summed E-state index contributed by atoms with van der Waals surface area (Å²) >= 11 is 6.08. The summed E-state index contributed by atoms with van der Waals surface area (Å²) in [5.74, 6) is -1.17. The van der Waals surface area contributed by atoms with E-state index in [4.69, 9.17) is 11.6 Å². The molecule has 0 fully saturated rings. The van der Waals surface area contributed by atoms with Gasteiger partial charge in [0.2, 0.25) is 5.91 Å². The van der Waals surface area contributed by atoms with Gasteiger partial charge in [-0.3, -0.25) is 4.79 Å². The molecule has 1 rings (SSSR count). The molecular formula is C13H17ClN2O3. The van der Waals surface area contributed by atoms with E-state index in [1.165, 1.54) is 11.0 Å². The van der Waals surface area contributed by atoms with E-state index in [0.717, 1.165) is 0 Å². The van der Waals surface area contributed by atoms with Crippen molar-refractivity contribution >= 4 is 29.2 Å². The number of rotatable bonds is 5. The maximum absolute atomic E-state index is 11.8. The van der Waals surface area contributed by atoms with Gasteiger partial charge in [0, 0.05) is 20.6 Å². The minimum Gasteiger partial charge on any atom is -0.478 e. The lowest BCUT2D eigenvalue weighted by Crippen LogP contribution is -2.37. The molecule has 0 heterocycles. The average molecular weight is 285 g/mol. The number of likely N-dealkylation sites (N-methyl/N-ethyl adjacent to an activating group) is 2. The Morgan fingerprint density at radius 2 is 1.95 bits per heavy atom. The third kappa shape index (κ3) is 3.61. The largest absolute Gasteiger partial charge is 0.478 e. The van der Waals surface area contributed by atoms with Crippen molar-refractivity contribution in [3.63, 3.8) is 0 Å². The molecule has 0 saturated carbocycles. The Hall–Kier alpha value is -1.75. The van der Waals surface area contributed by atoms with Crippen molar-refractivity contribution in [1.82, 2.24) is 4.90 Å². The smallest absolute Gasteiger partial charge is 0.337 e. The van der Waals surface area contributed by atoms with Crippen LogP contribution in [0.3, 0.4) is 0 Å². The van der Waals surface area contributed by atoms with Crippen LogP contribution < -0.4 is 4.90 Å². The predicted molar refractivity (Wildman–Crippen MR) is 75.0 cm³/mol. The normalized spacial score (nSPS) is 10.1. The maximum atomic E-state index is 11.8. The fourth-order valence-corrected chi connectivity index (χ4v) is 1.96. The number of hydrogen-bond donors (Lipinski definition) is 1. The Morgan fingerprint density at radius 1 is 1.32 bits per heavy atom. The topological polar surface area (TPSA) is 60.9 Å². The molecule has 1 N–H and O–H groups in total. The SMILES string of the molecule is CCN(CC(=O)N(C)C)c1c(Cl)cccc1C(=O)O. The van der Waals surface area contributed by atoms with Crippen molar-refractivity contribution in [3.05, 3.63) is 28.8 Å². The first-order valence-corrected chi connectivity index (χ1v) is 6.23. The first-order chi connectivity index (χ1) is 8.88. The Morgan fingerprint density at radius 3 is 2.42 bits per heavy atom. The number of anilines is 1. The molecule has 1 aromatic carbocycles. The number of benzene rings is 1. The summed E-state index contributed by atoms with van der Waals surface area (Å²) in [6.07, 6.45) is 0. The summed E-state index contributed by atoms with van der Waals surface area (Å²) in [6, 6.07) is 4.68. The predicted octanol–water partition coefficient (Wildman–Crippen LogP) is 1.95. The molecule has 0 bridgehead atoms. The first kappa shape index (κ1) is 15.3. The number of carboxylic acid groups (broad SMARTS) is 1. The monoisotopic (exact) mass is 284 g/mol. The Bertz CT molecular complexity index is 489. The molecule has 1 amide bonds. The third-order valence-electron chi connectivity index (χ3n) is 2.74. The molecule has 1 aromatic rings. The Balaban J connectivity index is 3.17. The van der Waals surface area contributed by atoms with E-state index in [-0.39, 0.29) is 18.0 Å². The lowest BCUT2D eigenvalue weighted by atomic mass is 10.1. The molecule has 0 spiro atoms. The fraction of sp³-hybridized carbons (Fsp3) is 0.385. The van der Waals surface area contributed by atoms with Gasteiger partial charge < -0.3 is 14.9 Å². The van der Waals surface area contributed by atoms with Crippen LogP contribution in [0, 0.1) is 0 Å². The van der Waals surface area contributed by atoms with Crippen molar-refractivity contribution in [1.29, 1.82) is 0 Å². The molecule has 104 valence electrons. The zero-order valence-corrected chi connectivity index (χ0v) is 11.9. The number of hydrogen-bond acceptors (Lipinski definition) is 3. The van der Waals surface area contributed by atoms with Gasteiger partial charge in [0.15, 0.2) is 0 Å². The summed E-state index contributed by atoms with van der Waals surface area (Å²) < 4.78 is 0.